The Labute approximate surface area is 173 Å². The molecule has 0 fully saturated rings. The van der Waals surface area contributed by atoms with Crippen molar-refractivity contribution in [2.75, 3.05) is 6.54 Å². The maximum absolute atomic E-state index is 13.6. The van der Waals surface area contributed by atoms with Crippen LogP contribution in [-0.4, -0.2) is 32.1 Å². The molecular weight excluding hydrogens is 380 g/mol. The molecule has 1 atom stereocenters. The van der Waals surface area contributed by atoms with Crippen LogP contribution in [0.25, 0.3) is 16.9 Å². The van der Waals surface area contributed by atoms with E-state index in [-0.39, 0.29) is 11.9 Å². The molecular formula is C23H20N4OS. The Morgan fingerprint density at radius 2 is 2.00 bits per heavy atom. The fourth-order valence-electron chi connectivity index (χ4n) is 3.90. The second kappa shape index (κ2) is 7.29. The molecule has 1 amide bonds. The number of thiophene rings is 1. The predicted molar refractivity (Wildman–Crippen MR) is 114 cm³/mol. The smallest absolute Gasteiger partial charge is 0.258 e. The molecule has 0 saturated carbocycles. The Kier molecular flexibility index (Phi) is 4.48. The third kappa shape index (κ3) is 3.15. The highest BCUT2D eigenvalue weighted by molar-refractivity contribution is 7.10. The summed E-state index contributed by atoms with van der Waals surface area (Å²) in [6.45, 7) is 2.82. The van der Waals surface area contributed by atoms with Crippen LogP contribution >= 0.6 is 11.3 Å². The summed E-state index contributed by atoms with van der Waals surface area (Å²) in [6, 6.07) is 15.9. The molecule has 0 aliphatic carbocycles. The largest absolute Gasteiger partial charge is 0.331 e. The number of rotatable bonds is 3. The van der Waals surface area contributed by atoms with E-state index in [2.05, 4.69) is 23.4 Å². The van der Waals surface area contributed by atoms with Crippen molar-refractivity contribution in [1.29, 1.82) is 0 Å². The van der Waals surface area contributed by atoms with Gasteiger partial charge in [-0.15, -0.1) is 11.3 Å². The number of para-hydroxylation sites is 1. The fourth-order valence-corrected chi connectivity index (χ4v) is 4.86. The second-order valence-electron chi connectivity index (χ2n) is 7.14. The van der Waals surface area contributed by atoms with Gasteiger partial charge in [-0.25, -0.2) is 4.68 Å². The van der Waals surface area contributed by atoms with Crippen molar-refractivity contribution in [2.24, 2.45) is 0 Å². The first-order valence-electron chi connectivity index (χ1n) is 9.65. The maximum atomic E-state index is 13.6. The number of aromatic nitrogens is 3. The van der Waals surface area contributed by atoms with Crippen LogP contribution in [0.4, 0.5) is 0 Å². The number of fused-ring (bicyclic) bond motifs is 1. The monoisotopic (exact) mass is 400 g/mol. The Hall–Kier alpha value is -3.25. The van der Waals surface area contributed by atoms with Gasteiger partial charge in [0, 0.05) is 35.6 Å². The van der Waals surface area contributed by atoms with Crippen molar-refractivity contribution in [2.45, 2.75) is 19.4 Å². The van der Waals surface area contributed by atoms with Crippen molar-refractivity contribution in [3.8, 4) is 16.9 Å². The Morgan fingerprint density at radius 3 is 2.79 bits per heavy atom. The molecule has 1 aliphatic heterocycles. The second-order valence-corrected chi connectivity index (χ2v) is 8.14. The van der Waals surface area contributed by atoms with E-state index < -0.39 is 0 Å². The van der Waals surface area contributed by atoms with Gasteiger partial charge in [0.25, 0.3) is 5.91 Å². The summed E-state index contributed by atoms with van der Waals surface area (Å²) in [5.41, 5.74) is 4.28. The van der Waals surface area contributed by atoms with Crippen molar-refractivity contribution >= 4 is 17.2 Å². The molecule has 4 heterocycles. The van der Waals surface area contributed by atoms with Gasteiger partial charge in [0.05, 0.1) is 17.3 Å². The normalized spacial score (nSPS) is 15.9. The zero-order valence-electron chi connectivity index (χ0n) is 16.0. The Bertz CT molecular complexity index is 1150. The lowest BCUT2D eigenvalue weighted by molar-refractivity contribution is 0.0680. The number of nitrogens with zero attached hydrogens (tertiary/aromatic N) is 4. The van der Waals surface area contributed by atoms with Gasteiger partial charge in [0.1, 0.15) is 5.69 Å². The van der Waals surface area contributed by atoms with E-state index in [1.165, 1.54) is 10.4 Å². The van der Waals surface area contributed by atoms with E-state index in [1.54, 1.807) is 28.4 Å². The lowest BCUT2D eigenvalue weighted by atomic mass is 10.00. The number of carbonyl (C=O) groups excluding carboxylic acids is 1. The van der Waals surface area contributed by atoms with Crippen molar-refractivity contribution < 1.29 is 4.79 Å². The van der Waals surface area contributed by atoms with Crippen LogP contribution in [-0.2, 0) is 6.42 Å². The summed E-state index contributed by atoms with van der Waals surface area (Å²) in [6.07, 6.45) is 6.23. The van der Waals surface area contributed by atoms with Gasteiger partial charge >= 0.3 is 0 Å². The lowest BCUT2D eigenvalue weighted by Gasteiger charge is -2.33. The molecule has 0 radical (unpaired) electrons. The van der Waals surface area contributed by atoms with Gasteiger partial charge in [-0.1, -0.05) is 18.2 Å². The standard InChI is InChI=1S/C23H20N4OS/c1-16-19-10-13-29-21(19)9-12-26(16)23(28)20-15-27(18-7-3-2-4-8-18)25-22(20)17-6-5-11-24-14-17/h2-8,10-11,13-16H,9,12H2,1H3. The molecule has 0 saturated heterocycles. The molecule has 0 spiro atoms. The number of hydrogen-bond donors (Lipinski definition) is 0. The maximum Gasteiger partial charge on any atom is 0.258 e. The molecule has 6 heteroatoms. The minimum atomic E-state index is 0.00961. The summed E-state index contributed by atoms with van der Waals surface area (Å²) < 4.78 is 1.78. The summed E-state index contributed by atoms with van der Waals surface area (Å²) in [7, 11) is 0. The highest BCUT2D eigenvalue weighted by Gasteiger charge is 2.31. The molecule has 1 unspecified atom stereocenters. The van der Waals surface area contributed by atoms with Crippen LogP contribution in [0.3, 0.4) is 0 Å². The van der Waals surface area contributed by atoms with Gasteiger partial charge in [0.2, 0.25) is 0 Å². The molecule has 29 heavy (non-hydrogen) atoms. The molecule has 5 rings (SSSR count). The van der Waals surface area contributed by atoms with Crippen LogP contribution in [0.5, 0.6) is 0 Å². The van der Waals surface area contributed by atoms with Gasteiger partial charge in [0.15, 0.2) is 0 Å². The van der Waals surface area contributed by atoms with Crippen LogP contribution < -0.4 is 0 Å². The SMILES string of the molecule is CC1c2ccsc2CCN1C(=O)c1cn(-c2ccccc2)nc1-c1cccnc1. The number of hydrogen-bond acceptors (Lipinski definition) is 4. The number of amides is 1. The highest BCUT2D eigenvalue weighted by atomic mass is 32.1. The predicted octanol–water partition coefficient (Wildman–Crippen LogP) is 4.76. The average molecular weight is 401 g/mol. The van der Waals surface area contributed by atoms with Gasteiger partial charge in [-0.2, -0.15) is 5.10 Å². The molecule has 0 N–H and O–H groups in total. The van der Waals surface area contributed by atoms with Crippen LogP contribution in [0.1, 0.15) is 33.8 Å². The van der Waals surface area contributed by atoms with Crippen molar-refractivity contribution in [3.63, 3.8) is 0 Å². The molecule has 1 aromatic carbocycles. The van der Waals surface area contributed by atoms with Crippen molar-refractivity contribution in [3.05, 3.63) is 88.5 Å². The Balaban J connectivity index is 1.58. The molecule has 1 aliphatic rings. The van der Waals surface area contributed by atoms with E-state index in [0.29, 0.717) is 11.3 Å². The van der Waals surface area contributed by atoms with Crippen LogP contribution in [0, 0.1) is 0 Å². The summed E-state index contributed by atoms with van der Waals surface area (Å²) in [5, 5.41) is 6.87. The Morgan fingerprint density at radius 1 is 1.14 bits per heavy atom. The van der Waals surface area contributed by atoms with E-state index in [4.69, 9.17) is 5.10 Å². The van der Waals surface area contributed by atoms with E-state index in [0.717, 1.165) is 24.2 Å². The summed E-state index contributed by atoms with van der Waals surface area (Å²) in [4.78, 5) is 21.2. The van der Waals surface area contributed by atoms with E-state index >= 15 is 0 Å². The first-order chi connectivity index (χ1) is 14.2. The third-order valence-electron chi connectivity index (χ3n) is 5.44. The van der Waals surface area contributed by atoms with Crippen LogP contribution in [0.15, 0.2) is 72.5 Å². The van der Waals surface area contributed by atoms with E-state index in [1.807, 2.05) is 53.6 Å². The zero-order valence-corrected chi connectivity index (χ0v) is 16.8. The average Bonchev–Trinajstić information content (AvgIpc) is 3.43. The summed E-state index contributed by atoms with van der Waals surface area (Å²) in [5.74, 6) is 0.00961. The van der Waals surface area contributed by atoms with Gasteiger partial charge in [-0.05, 0) is 54.6 Å². The van der Waals surface area contributed by atoms with Gasteiger partial charge in [-0.3, -0.25) is 9.78 Å². The number of pyridine rings is 1. The third-order valence-corrected chi connectivity index (χ3v) is 6.43. The topological polar surface area (TPSA) is 51.0 Å². The lowest BCUT2D eigenvalue weighted by Crippen LogP contribution is -2.38. The number of carbonyl (C=O) groups is 1. The first-order valence-corrected chi connectivity index (χ1v) is 10.5. The minimum absolute atomic E-state index is 0.00961. The first kappa shape index (κ1) is 17.8. The van der Waals surface area contributed by atoms with E-state index in [9.17, 15) is 4.79 Å². The molecule has 144 valence electrons. The summed E-state index contributed by atoms with van der Waals surface area (Å²) >= 11 is 1.78. The molecule has 3 aromatic heterocycles. The quantitative estimate of drug-likeness (QED) is 0.498. The number of benzene rings is 1. The fraction of sp³-hybridized carbons (Fsp3) is 0.174. The van der Waals surface area contributed by atoms with Gasteiger partial charge < -0.3 is 4.90 Å². The highest BCUT2D eigenvalue weighted by Crippen LogP contribution is 2.35. The van der Waals surface area contributed by atoms with Crippen molar-refractivity contribution in [1.82, 2.24) is 19.7 Å². The molecule has 0 bridgehead atoms. The zero-order chi connectivity index (χ0) is 19.8. The molecule has 4 aromatic rings. The minimum Gasteiger partial charge on any atom is -0.331 e. The molecule has 5 nitrogen and oxygen atoms in total. The van der Waals surface area contributed by atoms with Crippen LogP contribution in [0.2, 0.25) is 0 Å².